The molecule has 1 aliphatic rings. The number of aryl methyl sites for hydroxylation is 1. The molecule has 2 N–H and O–H groups in total. The lowest BCUT2D eigenvalue weighted by Gasteiger charge is -2.13. The lowest BCUT2D eigenvalue weighted by molar-refractivity contribution is 0.687. The van der Waals surface area contributed by atoms with E-state index in [9.17, 15) is 0 Å². The van der Waals surface area contributed by atoms with Crippen LogP contribution >= 0.6 is 0 Å². The summed E-state index contributed by atoms with van der Waals surface area (Å²) >= 11 is 0. The normalized spacial score (nSPS) is 19.2. The van der Waals surface area contributed by atoms with Crippen molar-refractivity contribution in [2.24, 2.45) is 5.73 Å². The van der Waals surface area contributed by atoms with Crippen LogP contribution in [0.1, 0.15) is 24.1 Å². The van der Waals surface area contributed by atoms with Gasteiger partial charge in [0.05, 0.1) is 0 Å². The van der Waals surface area contributed by atoms with Crippen molar-refractivity contribution in [1.82, 2.24) is 9.97 Å². The van der Waals surface area contributed by atoms with Gasteiger partial charge < -0.3 is 5.73 Å². The highest BCUT2D eigenvalue weighted by molar-refractivity contribution is 5.32. The van der Waals surface area contributed by atoms with Crippen LogP contribution in [0.3, 0.4) is 0 Å². The first-order chi connectivity index (χ1) is 5.78. The van der Waals surface area contributed by atoms with Gasteiger partial charge in [-0.25, -0.2) is 9.97 Å². The van der Waals surface area contributed by atoms with Gasteiger partial charge >= 0.3 is 0 Å². The molecule has 12 heavy (non-hydrogen) atoms. The smallest absolute Gasteiger partial charge is 0.115 e. The molecule has 0 bridgehead atoms. The summed E-state index contributed by atoms with van der Waals surface area (Å²) in [5.41, 5.74) is 8.26. The summed E-state index contributed by atoms with van der Waals surface area (Å²) < 4.78 is 0. The molecular weight excluding hydrogens is 150 g/mol. The van der Waals surface area contributed by atoms with Crippen molar-refractivity contribution < 1.29 is 0 Å². The predicted molar refractivity (Wildman–Crippen MR) is 46.7 cm³/mol. The number of aromatic nitrogens is 2. The maximum absolute atomic E-state index is 5.71. The Morgan fingerprint density at radius 3 is 2.83 bits per heavy atom. The Morgan fingerprint density at radius 1 is 1.58 bits per heavy atom. The Morgan fingerprint density at radius 2 is 2.33 bits per heavy atom. The molecule has 3 nitrogen and oxygen atoms in total. The average Bonchev–Trinajstić information content (AvgIpc) is 2.86. The van der Waals surface area contributed by atoms with Gasteiger partial charge in [-0.05, 0) is 25.3 Å². The molecule has 2 rings (SSSR count). The Labute approximate surface area is 72.0 Å². The molecule has 0 radical (unpaired) electrons. The molecule has 0 aromatic carbocycles. The zero-order chi connectivity index (χ0) is 8.60. The first kappa shape index (κ1) is 7.68. The molecule has 1 fully saturated rings. The van der Waals surface area contributed by atoms with Crippen molar-refractivity contribution in [3.05, 3.63) is 23.8 Å². The highest BCUT2D eigenvalue weighted by Gasteiger charge is 2.44. The quantitative estimate of drug-likeness (QED) is 0.700. The van der Waals surface area contributed by atoms with Crippen LogP contribution in [0.25, 0.3) is 0 Å². The van der Waals surface area contributed by atoms with Crippen molar-refractivity contribution in [3.8, 4) is 0 Å². The second kappa shape index (κ2) is 2.52. The molecule has 0 spiro atoms. The van der Waals surface area contributed by atoms with E-state index >= 15 is 0 Å². The molecule has 0 aliphatic heterocycles. The van der Waals surface area contributed by atoms with Crippen molar-refractivity contribution >= 4 is 0 Å². The van der Waals surface area contributed by atoms with E-state index in [0.29, 0.717) is 0 Å². The number of nitrogens with two attached hydrogens (primary N) is 1. The molecular formula is C9H13N3. The van der Waals surface area contributed by atoms with Crippen LogP contribution in [-0.4, -0.2) is 16.5 Å². The largest absolute Gasteiger partial charge is 0.330 e. The average molecular weight is 163 g/mol. The van der Waals surface area contributed by atoms with Crippen LogP contribution in [0.4, 0.5) is 0 Å². The predicted octanol–water partition coefficient (Wildman–Crippen LogP) is 0.775. The monoisotopic (exact) mass is 163 g/mol. The lowest BCUT2D eigenvalue weighted by atomic mass is 9.97. The molecule has 1 aliphatic carbocycles. The summed E-state index contributed by atoms with van der Waals surface area (Å²) in [6.45, 7) is 2.74. The van der Waals surface area contributed by atoms with E-state index in [-0.39, 0.29) is 5.41 Å². The fraction of sp³-hybridized carbons (Fsp3) is 0.556. The molecule has 3 heteroatoms. The van der Waals surface area contributed by atoms with Crippen molar-refractivity contribution in [2.45, 2.75) is 25.2 Å². The van der Waals surface area contributed by atoms with Gasteiger partial charge in [0.15, 0.2) is 0 Å². The second-order valence-corrected chi connectivity index (χ2v) is 3.51. The minimum absolute atomic E-state index is 0.228. The fourth-order valence-electron chi connectivity index (χ4n) is 1.65. The van der Waals surface area contributed by atoms with E-state index in [1.165, 1.54) is 18.4 Å². The fourth-order valence-corrected chi connectivity index (χ4v) is 1.65. The number of rotatable bonds is 2. The van der Waals surface area contributed by atoms with Crippen molar-refractivity contribution in [1.29, 1.82) is 0 Å². The van der Waals surface area contributed by atoms with Crippen LogP contribution in [-0.2, 0) is 5.41 Å². The molecule has 64 valence electrons. The minimum atomic E-state index is 0.228. The topological polar surface area (TPSA) is 51.8 Å². The van der Waals surface area contributed by atoms with E-state index < -0.39 is 0 Å². The van der Waals surface area contributed by atoms with Crippen LogP contribution < -0.4 is 5.73 Å². The molecule has 0 atom stereocenters. The van der Waals surface area contributed by atoms with E-state index in [0.717, 1.165) is 12.2 Å². The van der Waals surface area contributed by atoms with E-state index in [1.54, 1.807) is 6.33 Å². The molecule has 0 unspecified atom stereocenters. The van der Waals surface area contributed by atoms with Gasteiger partial charge in [0.1, 0.15) is 6.33 Å². The van der Waals surface area contributed by atoms with Crippen LogP contribution in [0, 0.1) is 6.92 Å². The van der Waals surface area contributed by atoms with Gasteiger partial charge in [0.25, 0.3) is 0 Å². The Bertz CT molecular complexity index is 292. The van der Waals surface area contributed by atoms with Crippen LogP contribution in [0.15, 0.2) is 12.5 Å². The number of nitrogens with zero attached hydrogens (tertiary/aromatic N) is 2. The number of hydrogen-bond acceptors (Lipinski definition) is 3. The summed E-state index contributed by atoms with van der Waals surface area (Å²) in [6.07, 6.45) is 5.88. The second-order valence-electron chi connectivity index (χ2n) is 3.51. The molecule has 1 aromatic rings. The third-order valence-electron chi connectivity index (χ3n) is 2.73. The summed E-state index contributed by atoms with van der Waals surface area (Å²) in [4.78, 5) is 8.20. The molecule has 0 saturated heterocycles. The van der Waals surface area contributed by atoms with E-state index in [1.807, 2.05) is 13.1 Å². The van der Waals surface area contributed by atoms with Gasteiger partial charge in [-0.3, -0.25) is 0 Å². The Balaban J connectivity index is 2.40. The molecule has 1 heterocycles. The first-order valence-electron chi connectivity index (χ1n) is 4.26. The third kappa shape index (κ3) is 1.01. The highest BCUT2D eigenvalue weighted by Crippen LogP contribution is 2.47. The highest BCUT2D eigenvalue weighted by atomic mass is 14.8. The maximum atomic E-state index is 5.71. The van der Waals surface area contributed by atoms with Gasteiger partial charge in [0.2, 0.25) is 0 Å². The lowest BCUT2D eigenvalue weighted by Crippen LogP contribution is -2.21. The number of hydrogen-bond donors (Lipinski definition) is 1. The summed E-state index contributed by atoms with van der Waals surface area (Å²) in [6, 6.07) is 0. The van der Waals surface area contributed by atoms with Gasteiger partial charge in [0, 0.05) is 23.9 Å². The standard InChI is InChI=1S/C9H13N3/c1-7-8(4-11-6-12-7)9(5-10)2-3-9/h4,6H,2-3,5,10H2,1H3. The van der Waals surface area contributed by atoms with Crippen molar-refractivity contribution in [2.75, 3.05) is 6.54 Å². The molecule has 1 saturated carbocycles. The van der Waals surface area contributed by atoms with Gasteiger partial charge in [-0.15, -0.1) is 0 Å². The van der Waals surface area contributed by atoms with Crippen molar-refractivity contribution in [3.63, 3.8) is 0 Å². The SMILES string of the molecule is Cc1ncncc1C1(CN)CC1. The zero-order valence-electron chi connectivity index (χ0n) is 7.25. The van der Waals surface area contributed by atoms with E-state index in [4.69, 9.17) is 5.73 Å². The van der Waals surface area contributed by atoms with Gasteiger partial charge in [-0.1, -0.05) is 0 Å². The molecule has 0 amide bonds. The third-order valence-corrected chi connectivity index (χ3v) is 2.73. The summed E-state index contributed by atoms with van der Waals surface area (Å²) in [7, 11) is 0. The van der Waals surface area contributed by atoms with Crippen LogP contribution in [0.5, 0.6) is 0 Å². The summed E-state index contributed by atoms with van der Waals surface area (Å²) in [5, 5.41) is 0. The zero-order valence-corrected chi connectivity index (χ0v) is 7.25. The Kier molecular flexibility index (Phi) is 1.61. The van der Waals surface area contributed by atoms with Crippen LogP contribution in [0.2, 0.25) is 0 Å². The van der Waals surface area contributed by atoms with Gasteiger partial charge in [-0.2, -0.15) is 0 Å². The maximum Gasteiger partial charge on any atom is 0.115 e. The molecule has 1 aromatic heterocycles. The minimum Gasteiger partial charge on any atom is -0.330 e. The summed E-state index contributed by atoms with van der Waals surface area (Å²) in [5.74, 6) is 0. The first-order valence-corrected chi connectivity index (χ1v) is 4.26. The Hall–Kier alpha value is -0.960. The van der Waals surface area contributed by atoms with E-state index in [2.05, 4.69) is 9.97 Å².